The molecule has 0 spiro atoms. The molecule has 1 heterocycles. The van der Waals surface area contributed by atoms with Gasteiger partial charge in [0.1, 0.15) is 5.82 Å². The molecule has 0 aliphatic rings. The Labute approximate surface area is 99.3 Å². The van der Waals surface area contributed by atoms with Crippen LogP contribution in [0.4, 0.5) is 5.82 Å². The maximum atomic E-state index is 11.3. The molecule has 6 nitrogen and oxygen atoms in total. The van der Waals surface area contributed by atoms with Crippen LogP contribution in [0.3, 0.4) is 0 Å². The highest BCUT2D eigenvalue weighted by atomic mass is 16.4. The Hall–Kier alpha value is -2.11. The lowest BCUT2D eigenvalue weighted by atomic mass is 10.3. The van der Waals surface area contributed by atoms with Crippen LogP contribution in [0.25, 0.3) is 0 Å². The number of nitrogens with zero attached hydrogens (tertiary/aromatic N) is 2. The van der Waals surface area contributed by atoms with Crippen LogP contribution in [0.1, 0.15) is 16.9 Å². The number of amides is 1. The molecule has 0 aromatic carbocycles. The van der Waals surface area contributed by atoms with Crippen LogP contribution in [0.5, 0.6) is 0 Å². The molecule has 0 saturated carbocycles. The quantitative estimate of drug-likeness (QED) is 0.786. The van der Waals surface area contributed by atoms with Gasteiger partial charge >= 0.3 is 5.97 Å². The average molecular weight is 237 g/mol. The number of carbonyl (C=O) groups is 2. The Morgan fingerprint density at radius 1 is 1.41 bits per heavy atom. The fourth-order valence-corrected chi connectivity index (χ4v) is 1.17. The van der Waals surface area contributed by atoms with Crippen LogP contribution in [-0.4, -0.2) is 47.5 Å². The molecule has 0 radical (unpaired) electrons. The van der Waals surface area contributed by atoms with Gasteiger partial charge in [-0.2, -0.15) is 0 Å². The van der Waals surface area contributed by atoms with Crippen molar-refractivity contribution in [1.29, 1.82) is 0 Å². The van der Waals surface area contributed by atoms with Gasteiger partial charge in [0.25, 0.3) is 0 Å². The van der Waals surface area contributed by atoms with Crippen molar-refractivity contribution < 1.29 is 14.7 Å². The van der Waals surface area contributed by atoms with Crippen LogP contribution < -0.4 is 5.32 Å². The fourth-order valence-electron chi connectivity index (χ4n) is 1.17. The molecule has 1 rings (SSSR count). The molecular formula is C11H15N3O3. The molecular weight excluding hydrogens is 222 g/mol. The summed E-state index contributed by atoms with van der Waals surface area (Å²) in [5.74, 6) is -0.610. The second-order valence-electron chi connectivity index (χ2n) is 3.68. The Morgan fingerprint density at radius 2 is 2.12 bits per heavy atom. The molecule has 0 atom stereocenters. The van der Waals surface area contributed by atoms with Crippen molar-refractivity contribution in [2.75, 3.05) is 26.0 Å². The molecule has 0 aliphatic heterocycles. The van der Waals surface area contributed by atoms with Gasteiger partial charge in [-0.25, -0.2) is 9.78 Å². The molecule has 0 unspecified atom stereocenters. The number of anilines is 1. The van der Waals surface area contributed by atoms with E-state index in [9.17, 15) is 9.59 Å². The summed E-state index contributed by atoms with van der Waals surface area (Å²) in [6.07, 6.45) is 0.339. The number of nitrogens with one attached hydrogen (secondary N) is 1. The normalized spacial score (nSPS) is 9.76. The highest BCUT2D eigenvalue weighted by Gasteiger charge is 2.06. The van der Waals surface area contributed by atoms with Crippen molar-refractivity contribution in [3.05, 3.63) is 23.9 Å². The Kier molecular flexibility index (Phi) is 4.45. The van der Waals surface area contributed by atoms with Crippen molar-refractivity contribution in [1.82, 2.24) is 9.88 Å². The van der Waals surface area contributed by atoms with E-state index in [0.717, 1.165) is 0 Å². The molecule has 0 fully saturated rings. The van der Waals surface area contributed by atoms with Gasteiger partial charge in [0.05, 0.1) is 0 Å². The average Bonchev–Trinajstić information content (AvgIpc) is 2.29. The van der Waals surface area contributed by atoms with Gasteiger partial charge in [-0.3, -0.25) is 4.79 Å². The number of hydrogen-bond acceptors (Lipinski definition) is 4. The minimum Gasteiger partial charge on any atom is -0.477 e. The van der Waals surface area contributed by atoms with Gasteiger partial charge in [0.2, 0.25) is 5.91 Å². The number of aromatic nitrogens is 1. The van der Waals surface area contributed by atoms with Gasteiger partial charge in [-0.1, -0.05) is 6.07 Å². The predicted octanol–water partition coefficient (Wildman–Crippen LogP) is 0.670. The summed E-state index contributed by atoms with van der Waals surface area (Å²) in [4.78, 5) is 27.3. The summed E-state index contributed by atoms with van der Waals surface area (Å²) in [6, 6.07) is 4.68. The smallest absolute Gasteiger partial charge is 0.354 e. The minimum absolute atomic E-state index is 0.00638. The van der Waals surface area contributed by atoms with E-state index in [1.165, 1.54) is 11.0 Å². The molecule has 6 heteroatoms. The number of aromatic carboxylic acids is 1. The molecule has 0 saturated heterocycles. The predicted molar refractivity (Wildman–Crippen MR) is 63.0 cm³/mol. The lowest BCUT2D eigenvalue weighted by Gasteiger charge is -2.10. The Balaban J connectivity index is 2.50. The highest BCUT2D eigenvalue weighted by Crippen LogP contribution is 2.04. The lowest BCUT2D eigenvalue weighted by molar-refractivity contribution is -0.128. The van der Waals surface area contributed by atoms with E-state index >= 15 is 0 Å². The van der Waals surface area contributed by atoms with Crippen molar-refractivity contribution >= 4 is 17.7 Å². The molecule has 2 N–H and O–H groups in total. The first-order chi connectivity index (χ1) is 8.00. The zero-order chi connectivity index (χ0) is 12.8. The number of carboxylic acids is 1. The van der Waals surface area contributed by atoms with Crippen molar-refractivity contribution in [2.45, 2.75) is 6.42 Å². The molecule has 1 aromatic rings. The maximum Gasteiger partial charge on any atom is 0.354 e. The van der Waals surface area contributed by atoms with Crippen LogP contribution >= 0.6 is 0 Å². The number of carbonyl (C=O) groups excluding carboxylic acids is 1. The first-order valence-corrected chi connectivity index (χ1v) is 5.15. The number of rotatable bonds is 5. The third-order valence-corrected chi connectivity index (χ3v) is 2.11. The fraction of sp³-hybridized carbons (Fsp3) is 0.364. The third-order valence-electron chi connectivity index (χ3n) is 2.11. The van der Waals surface area contributed by atoms with E-state index < -0.39 is 5.97 Å². The summed E-state index contributed by atoms with van der Waals surface area (Å²) >= 11 is 0. The largest absolute Gasteiger partial charge is 0.477 e. The van der Waals surface area contributed by atoms with E-state index in [1.54, 1.807) is 26.2 Å². The molecule has 0 aliphatic carbocycles. The highest BCUT2D eigenvalue weighted by molar-refractivity contribution is 5.85. The number of pyridine rings is 1. The van der Waals surface area contributed by atoms with Crippen molar-refractivity contribution in [2.24, 2.45) is 0 Å². The molecule has 1 aromatic heterocycles. The van der Waals surface area contributed by atoms with E-state index in [4.69, 9.17) is 5.11 Å². The minimum atomic E-state index is -1.07. The van der Waals surface area contributed by atoms with Gasteiger partial charge in [0, 0.05) is 27.1 Å². The molecule has 1 amide bonds. The standard InChI is InChI=1S/C11H15N3O3/c1-14(2)10(15)6-7-12-9-5-3-4-8(13-9)11(16)17/h3-5H,6-7H2,1-2H3,(H,12,13)(H,16,17). The van der Waals surface area contributed by atoms with Crippen LogP contribution in [0.2, 0.25) is 0 Å². The first kappa shape index (κ1) is 13.0. The van der Waals surface area contributed by atoms with Crippen molar-refractivity contribution in [3.63, 3.8) is 0 Å². The zero-order valence-electron chi connectivity index (χ0n) is 9.80. The van der Waals surface area contributed by atoms with Crippen LogP contribution in [0, 0.1) is 0 Å². The summed E-state index contributed by atoms with van der Waals surface area (Å²) in [5, 5.41) is 11.6. The molecule has 17 heavy (non-hydrogen) atoms. The monoisotopic (exact) mass is 237 g/mol. The van der Waals surface area contributed by atoms with Gasteiger partial charge in [-0.15, -0.1) is 0 Å². The summed E-state index contributed by atoms with van der Waals surface area (Å²) < 4.78 is 0. The number of carboxylic acid groups (broad SMARTS) is 1. The van der Waals surface area contributed by atoms with Gasteiger partial charge in [0.15, 0.2) is 5.69 Å². The lowest BCUT2D eigenvalue weighted by Crippen LogP contribution is -2.24. The SMILES string of the molecule is CN(C)C(=O)CCNc1cccc(C(=O)O)n1. The second-order valence-corrected chi connectivity index (χ2v) is 3.68. The Morgan fingerprint density at radius 3 is 2.71 bits per heavy atom. The first-order valence-electron chi connectivity index (χ1n) is 5.15. The van der Waals surface area contributed by atoms with E-state index in [0.29, 0.717) is 18.8 Å². The van der Waals surface area contributed by atoms with E-state index in [2.05, 4.69) is 10.3 Å². The van der Waals surface area contributed by atoms with Crippen LogP contribution in [0.15, 0.2) is 18.2 Å². The molecule has 0 bridgehead atoms. The number of hydrogen-bond donors (Lipinski definition) is 2. The van der Waals surface area contributed by atoms with Crippen LogP contribution in [-0.2, 0) is 4.79 Å². The summed E-state index contributed by atoms with van der Waals surface area (Å²) in [5.41, 5.74) is -0.0195. The van der Waals surface area contributed by atoms with E-state index in [1.807, 2.05) is 0 Å². The topological polar surface area (TPSA) is 82.5 Å². The van der Waals surface area contributed by atoms with Gasteiger partial charge in [-0.05, 0) is 12.1 Å². The zero-order valence-corrected chi connectivity index (χ0v) is 9.80. The molecule has 92 valence electrons. The summed E-state index contributed by atoms with van der Waals surface area (Å²) in [6.45, 7) is 0.424. The van der Waals surface area contributed by atoms with Crippen molar-refractivity contribution in [3.8, 4) is 0 Å². The van der Waals surface area contributed by atoms with Gasteiger partial charge < -0.3 is 15.3 Å². The third kappa shape index (κ3) is 4.10. The maximum absolute atomic E-state index is 11.3. The summed E-state index contributed by atoms with van der Waals surface area (Å²) in [7, 11) is 3.37. The van der Waals surface area contributed by atoms with E-state index in [-0.39, 0.29) is 11.6 Å². The Bertz CT molecular complexity index is 418. The second kappa shape index (κ2) is 5.83.